The summed E-state index contributed by atoms with van der Waals surface area (Å²) in [7, 11) is -3.15. The molecule has 0 unspecified atom stereocenters. The molecule has 2 saturated heterocycles. The van der Waals surface area contributed by atoms with Gasteiger partial charge in [-0.15, -0.1) is 0 Å². The van der Waals surface area contributed by atoms with Crippen LogP contribution in [0.4, 0.5) is 11.6 Å². The van der Waals surface area contributed by atoms with Gasteiger partial charge in [0.25, 0.3) is 0 Å². The highest BCUT2D eigenvalue weighted by atomic mass is 32.2. The molecule has 0 amide bonds. The van der Waals surface area contributed by atoms with Crippen molar-refractivity contribution in [1.82, 2.24) is 9.97 Å². The van der Waals surface area contributed by atoms with Crippen LogP contribution in [0.5, 0.6) is 5.75 Å². The fourth-order valence-electron chi connectivity index (χ4n) is 4.70. The maximum absolute atomic E-state index is 11.6. The Labute approximate surface area is 178 Å². The molecule has 2 aliphatic rings. The van der Waals surface area contributed by atoms with Gasteiger partial charge in [0.05, 0.1) is 16.8 Å². The lowest BCUT2D eigenvalue weighted by atomic mass is 9.79. The predicted octanol–water partition coefficient (Wildman–Crippen LogP) is 3.03. The predicted molar refractivity (Wildman–Crippen MR) is 118 cm³/mol. The molecule has 2 fully saturated rings. The van der Waals surface area contributed by atoms with Crippen LogP contribution < -0.4 is 9.80 Å². The van der Waals surface area contributed by atoms with Crippen molar-refractivity contribution in [3.05, 3.63) is 36.2 Å². The summed E-state index contributed by atoms with van der Waals surface area (Å²) in [6.07, 6.45) is 7.38. The van der Waals surface area contributed by atoms with Crippen molar-refractivity contribution in [3.8, 4) is 5.75 Å². The van der Waals surface area contributed by atoms with Gasteiger partial charge in [-0.25, -0.2) is 18.4 Å². The smallest absolute Gasteiger partial charge is 0.225 e. The molecule has 8 heteroatoms. The molecule has 3 heterocycles. The largest absolute Gasteiger partial charge is 0.504 e. The van der Waals surface area contributed by atoms with Crippen molar-refractivity contribution in [2.45, 2.75) is 37.5 Å². The molecule has 0 aliphatic carbocycles. The Kier molecular flexibility index (Phi) is 5.86. The first-order valence-electron chi connectivity index (χ1n) is 10.6. The first-order valence-corrected chi connectivity index (χ1v) is 12.5. The van der Waals surface area contributed by atoms with Crippen LogP contribution in [0.2, 0.25) is 0 Å². The zero-order valence-electron chi connectivity index (χ0n) is 17.7. The third kappa shape index (κ3) is 4.53. The Hall–Kier alpha value is -2.35. The third-order valence-electron chi connectivity index (χ3n) is 6.60. The van der Waals surface area contributed by atoms with E-state index >= 15 is 0 Å². The van der Waals surface area contributed by atoms with Crippen molar-refractivity contribution in [1.29, 1.82) is 0 Å². The van der Waals surface area contributed by atoms with Gasteiger partial charge in [-0.3, -0.25) is 0 Å². The lowest BCUT2D eigenvalue weighted by Gasteiger charge is -2.41. The zero-order chi connectivity index (χ0) is 21.3. The molecule has 7 nitrogen and oxygen atoms in total. The van der Waals surface area contributed by atoms with Gasteiger partial charge in [0, 0.05) is 38.1 Å². The molecular formula is C22H30N4O3S. The zero-order valence-corrected chi connectivity index (χ0v) is 18.5. The van der Waals surface area contributed by atoms with Gasteiger partial charge in [0.2, 0.25) is 5.95 Å². The molecule has 0 saturated carbocycles. The van der Waals surface area contributed by atoms with Gasteiger partial charge >= 0.3 is 0 Å². The number of aromatic hydroxyl groups is 1. The second-order valence-electron chi connectivity index (χ2n) is 8.56. The number of hydrogen-bond acceptors (Lipinski definition) is 7. The van der Waals surface area contributed by atoms with Crippen LogP contribution in [-0.2, 0) is 9.84 Å². The average Bonchev–Trinajstić information content (AvgIpc) is 2.75. The quantitative estimate of drug-likeness (QED) is 0.798. The maximum atomic E-state index is 11.6. The number of nitrogens with zero attached hydrogens (tertiary/aromatic N) is 4. The molecule has 2 aromatic rings. The van der Waals surface area contributed by atoms with Crippen molar-refractivity contribution < 1.29 is 13.5 Å². The lowest BCUT2D eigenvalue weighted by molar-refractivity contribution is 0.232. The first-order chi connectivity index (χ1) is 14.3. The Morgan fingerprint density at radius 1 is 0.933 bits per heavy atom. The fraction of sp³-hybridized carbons (Fsp3) is 0.545. The monoisotopic (exact) mass is 430 g/mol. The van der Waals surface area contributed by atoms with Crippen molar-refractivity contribution in [2.24, 2.45) is 11.8 Å². The molecule has 0 atom stereocenters. The number of benzene rings is 1. The first kappa shape index (κ1) is 20.9. The van der Waals surface area contributed by atoms with Crippen LogP contribution in [0.3, 0.4) is 0 Å². The van der Waals surface area contributed by atoms with E-state index in [9.17, 15) is 13.5 Å². The summed E-state index contributed by atoms with van der Waals surface area (Å²) in [6.45, 7) is 5.76. The van der Waals surface area contributed by atoms with Crippen LogP contribution in [-0.4, -0.2) is 55.9 Å². The Morgan fingerprint density at radius 3 is 1.97 bits per heavy atom. The van der Waals surface area contributed by atoms with Gasteiger partial charge in [-0.2, -0.15) is 0 Å². The maximum Gasteiger partial charge on any atom is 0.225 e. The van der Waals surface area contributed by atoms with Crippen molar-refractivity contribution in [2.75, 3.05) is 42.2 Å². The summed E-state index contributed by atoms with van der Waals surface area (Å²) in [4.78, 5) is 13.7. The topological polar surface area (TPSA) is 86.6 Å². The summed E-state index contributed by atoms with van der Waals surface area (Å²) in [5, 5.41) is 9.63. The van der Waals surface area contributed by atoms with Crippen LogP contribution in [0.15, 0.2) is 35.4 Å². The molecule has 0 bridgehead atoms. The van der Waals surface area contributed by atoms with E-state index in [2.05, 4.69) is 19.8 Å². The Balaban J connectivity index is 1.29. The van der Waals surface area contributed by atoms with Gasteiger partial charge < -0.3 is 14.9 Å². The van der Waals surface area contributed by atoms with Crippen LogP contribution >= 0.6 is 0 Å². The number of piperidine rings is 2. The van der Waals surface area contributed by atoms with Gasteiger partial charge in [-0.1, -0.05) is 0 Å². The average molecular weight is 431 g/mol. The summed E-state index contributed by atoms with van der Waals surface area (Å²) in [5.74, 6) is 2.33. The number of rotatable bonds is 4. The van der Waals surface area contributed by atoms with E-state index in [0.717, 1.165) is 62.5 Å². The minimum atomic E-state index is -3.15. The molecule has 1 aromatic carbocycles. The molecule has 4 rings (SSSR count). The summed E-state index contributed by atoms with van der Waals surface area (Å²) < 4.78 is 23.3. The Bertz CT molecular complexity index is 978. The Morgan fingerprint density at radius 2 is 1.47 bits per heavy atom. The van der Waals surface area contributed by atoms with Crippen LogP contribution in [0, 0.1) is 18.8 Å². The molecular weight excluding hydrogens is 400 g/mol. The van der Waals surface area contributed by atoms with Gasteiger partial charge in [0.1, 0.15) is 0 Å². The highest BCUT2D eigenvalue weighted by Crippen LogP contribution is 2.35. The standard InChI is InChI=1S/C22H30N4O3S/c1-16-21(27)15-23-22(24-16)26-13-9-18(10-14-26)17-7-11-25(12-8-17)19-3-5-20(6-4-19)30(2,28)29/h3-6,15,17-18,27H,7-14H2,1-2H3. The SMILES string of the molecule is Cc1nc(N2CCC(C3CCN(c4ccc(S(C)(=O)=O)cc4)CC3)CC2)ncc1O. The number of anilines is 2. The molecule has 1 N–H and O–H groups in total. The van der Waals surface area contributed by atoms with E-state index in [-0.39, 0.29) is 5.75 Å². The highest BCUT2D eigenvalue weighted by molar-refractivity contribution is 7.90. The normalized spacial score (nSPS) is 19.3. The molecule has 162 valence electrons. The fourth-order valence-corrected chi connectivity index (χ4v) is 5.34. The second-order valence-corrected chi connectivity index (χ2v) is 10.6. The molecule has 0 spiro atoms. The second kappa shape index (κ2) is 8.41. The van der Waals surface area contributed by atoms with Crippen molar-refractivity contribution in [3.63, 3.8) is 0 Å². The van der Waals surface area contributed by atoms with Crippen LogP contribution in [0.1, 0.15) is 31.4 Å². The van der Waals surface area contributed by atoms with E-state index in [1.807, 2.05) is 12.1 Å². The lowest BCUT2D eigenvalue weighted by Crippen LogP contribution is -2.41. The number of aryl methyl sites for hydroxylation is 1. The van der Waals surface area contributed by atoms with E-state index in [0.29, 0.717) is 10.6 Å². The van der Waals surface area contributed by atoms with Gasteiger partial charge in [0.15, 0.2) is 15.6 Å². The van der Waals surface area contributed by atoms with E-state index in [1.165, 1.54) is 25.3 Å². The summed E-state index contributed by atoms with van der Waals surface area (Å²) >= 11 is 0. The molecule has 2 aliphatic heterocycles. The minimum Gasteiger partial charge on any atom is -0.504 e. The minimum absolute atomic E-state index is 0.145. The number of hydrogen-bond donors (Lipinski definition) is 1. The van der Waals surface area contributed by atoms with Crippen LogP contribution in [0.25, 0.3) is 0 Å². The summed E-state index contributed by atoms with van der Waals surface area (Å²) in [6, 6.07) is 7.27. The highest BCUT2D eigenvalue weighted by Gasteiger charge is 2.30. The third-order valence-corrected chi connectivity index (χ3v) is 7.73. The van der Waals surface area contributed by atoms with Crippen molar-refractivity contribution >= 4 is 21.5 Å². The van der Waals surface area contributed by atoms with E-state index in [4.69, 9.17) is 0 Å². The molecule has 1 aromatic heterocycles. The number of aromatic nitrogens is 2. The molecule has 30 heavy (non-hydrogen) atoms. The summed E-state index contributed by atoms with van der Waals surface area (Å²) in [5.41, 5.74) is 1.73. The van der Waals surface area contributed by atoms with E-state index < -0.39 is 9.84 Å². The molecule has 0 radical (unpaired) electrons. The van der Waals surface area contributed by atoms with E-state index in [1.54, 1.807) is 19.1 Å². The van der Waals surface area contributed by atoms with Gasteiger partial charge in [-0.05, 0) is 68.7 Å². The number of sulfone groups is 1.